The van der Waals surface area contributed by atoms with Crippen molar-refractivity contribution in [2.45, 2.75) is 18.9 Å². The summed E-state index contributed by atoms with van der Waals surface area (Å²) in [6.45, 7) is -0.544. The highest BCUT2D eigenvalue weighted by Gasteiger charge is 2.28. The van der Waals surface area contributed by atoms with Crippen molar-refractivity contribution in [2.24, 2.45) is 0 Å². The predicted octanol–water partition coefficient (Wildman–Crippen LogP) is -0.747. The summed E-state index contributed by atoms with van der Waals surface area (Å²) in [6.07, 6.45) is 0.0201. The van der Waals surface area contributed by atoms with E-state index in [1.54, 1.807) is 0 Å². The summed E-state index contributed by atoms with van der Waals surface area (Å²) in [5.74, 6) is -0.766. The Morgan fingerprint density at radius 1 is 1.80 bits per heavy atom. The van der Waals surface area contributed by atoms with Gasteiger partial charge >= 0.3 is 5.97 Å². The van der Waals surface area contributed by atoms with Crippen LogP contribution in [0.15, 0.2) is 0 Å². The van der Waals surface area contributed by atoms with Crippen LogP contribution in [-0.4, -0.2) is 29.6 Å². The molecule has 4 nitrogen and oxygen atoms in total. The largest absolute Gasteiger partial charge is 0.454 e. The van der Waals surface area contributed by atoms with Gasteiger partial charge in [-0.15, -0.1) is 0 Å². The van der Waals surface area contributed by atoms with Gasteiger partial charge in [-0.2, -0.15) is 0 Å². The van der Waals surface area contributed by atoms with Gasteiger partial charge in [-0.25, -0.2) is 0 Å². The smallest absolute Gasteiger partial charge is 0.306 e. The Kier molecular flexibility index (Phi) is 2.01. The van der Waals surface area contributed by atoms with Gasteiger partial charge in [-0.1, -0.05) is 0 Å². The van der Waals surface area contributed by atoms with E-state index in [0.717, 1.165) is 0 Å². The maximum absolute atomic E-state index is 10.6. The minimum Gasteiger partial charge on any atom is -0.454 e. The second-order valence-corrected chi connectivity index (χ2v) is 2.14. The van der Waals surface area contributed by atoms with Crippen LogP contribution < -0.4 is 0 Å². The Labute approximate surface area is 57.8 Å². The number of cyclic esters (lactones) is 1. The van der Waals surface area contributed by atoms with Gasteiger partial charge in [-0.05, 0) is 0 Å². The molecule has 1 aliphatic rings. The summed E-state index contributed by atoms with van der Waals surface area (Å²) in [4.78, 5) is 21.1. The quantitative estimate of drug-likeness (QED) is 0.518. The first-order chi connectivity index (χ1) is 4.74. The van der Waals surface area contributed by atoms with Gasteiger partial charge in [0, 0.05) is 12.8 Å². The van der Waals surface area contributed by atoms with Gasteiger partial charge in [0.2, 0.25) is 0 Å². The Morgan fingerprint density at radius 2 is 2.50 bits per heavy atom. The third kappa shape index (κ3) is 1.33. The number of Topliss-reactive ketones (excluding diaryl/α,β-unsaturated/α-hetero) is 1. The second kappa shape index (κ2) is 2.79. The number of carbonyl (C=O) groups excluding carboxylic acids is 2. The SMILES string of the molecule is O=C1CCC(C(=O)CO)O1. The molecule has 1 saturated heterocycles. The lowest BCUT2D eigenvalue weighted by molar-refractivity contribution is -0.148. The van der Waals surface area contributed by atoms with E-state index < -0.39 is 18.5 Å². The molecule has 0 aromatic rings. The number of aliphatic hydroxyl groups is 1. The Balaban J connectivity index is 2.44. The normalized spacial score (nSPS) is 24.5. The molecule has 1 unspecified atom stereocenters. The van der Waals surface area contributed by atoms with Crippen LogP contribution in [0.2, 0.25) is 0 Å². The van der Waals surface area contributed by atoms with Crippen LogP contribution in [0.4, 0.5) is 0 Å². The molecule has 0 saturated carbocycles. The van der Waals surface area contributed by atoms with Crippen molar-refractivity contribution in [3.05, 3.63) is 0 Å². The lowest BCUT2D eigenvalue weighted by Gasteiger charge is -2.03. The number of hydrogen-bond donors (Lipinski definition) is 1. The highest BCUT2D eigenvalue weighted by Crippen LogP contribution is 2.13. The van der Waals surface area contributed by atoms with Gasteiger partial charge in [0.15, 0.2) is 11.9 Å². The average Bonchev–Trinajstić information content (AvgIpc) is 2.34. The summed E-state index contributed by atoms with van der Waals surface area (Å²) in [6, 6.07) is 0. The fraction of sp³-hybridized carbons (Fsp3) is 0.667. The molecular formula is C6H8O4. The van der Waals surface area contributed by atoms with Crippen LogP contribution in [0.1, 0.15) is 12.8 Å². The number of rotatable bonds is 2. The molecule has 0 aliphatic carbocycles. The summed E-state index contributed by atoms with van der Waals surface area (Å²) in [5.41, 5.74) is 0. The Hall–Kier alpha value is -0.900. The molecule has 0 aromatic carbocycles. The van der Waals surface area contributed by atoms with Gasteiger partial charge in [-0.3, -0.25) is 9.59 Å². The number of hydrogen-bond acceptors (Lipinski definition) is 4. The van der Waals surface area contributed by atoms with Crippen molar-refractivity contribution in [1.82, 2.24) is 0 Å². The minimum absolute atomic E-state index is 0.288. The van der Waals surface area contributed by atoms with E-state index in [1.807, 2.05) is 0 Å². The maximum atomic E-state index is 10.6. The Morgan fingerprint density at radius 3 is 2.90 bits per heavy atom. The van der Waals surface area contributed by atoms with E-state index >= 15 is 0 Å². The van der Waals surface area contributed by atoms with Crippen molar-refractivity contribution in [3.8, 4) is 0 Å². The number of ether oxygens (including phenoxy) is 1. The highest BCUT2D eigenvalue weighted by atomic mass is 16.6. The zero-order valence-corrected chi connectivity index (χ0v) is 5.37. The van der Waals surface area contributed by atoms with E-state index in [1.165, 1.54) is 0 Å². The molecule has 0 radical (unpaired) electrons. The van der Waals surface area contributed by atoms with Crippen LogP contribution in [-0.2, 0) is 14.3 Å². The highest BCUT2D eigenvalue weighted by molar-refractivity contribution is 5.88. The molecular weight excluding hydrogens is 136 g/mol. The summed E-state index contributed by atoms with van der Waals surface area (Å²) >= 11 is 0. The first kappa shape index (κ1) is 7.21. The molecule has 1 aliphatic heterocycles. The maximum Gasteiger partial charge on any atom is 0.306 e. The van der Waals surface area contributed by atoms with Crippen molar-refractivity contribution in [3.63, 3.8) is 0 Å². The number of aliphatic hydroxyl groups excluding tert-OH is 1. The molecule has 1 atom stereocenters. The van der Waals surface area contributed by atoms with Gasteiger partial charge in [0.25, 0.3) is 0 Å². The Bertz CT molecular complexity index is 163. The molecule has 0 aromatic heterocycles. The van der Waals surface area contributed by atoms with Crippen LogP contribution in [0.25, 0.3) is 0 Å². The molecule has 1 rings (SSSR count). The first-order valence-corrected chi connectivity index (χ1v) is 3.07. The number of carbonyl (C=O) groups is 2. The summed E-state index contributed by atoms with van der Waals surface area (Å²) < 4.78 is 4.57. The number of ketones is 1. The lowest BCUT2D eigenvalue weighted by Crippen LogP contribution is -2.22. The first-order valence-electron chi connectivity index (χ1n) is 3.07. The van der Waals surface area contributed by atoms with E-state index in [0.29, 0.717) is 6.42 Å². The van der Waals surface area contributed by atoms with Crippen LogP contribution >= 0.6 is 0 Å². The molecule has 1 N–H and O–H groups in total. The van der Waals surface area contributed by atoms with Gasteiger partial charge < -0.3 is 9.84 Å². The topological polar surface area (TPSA) is 63.6 Å². The van der Waals surface area contributed by atoms with Crippen LogP contribution in [0.5, 0.6) is 0 Å². The lowest BCUT2D eigenvalue weighted by atomic mass is 10.2. The summed E-state index contributed by atoms with van der Waals surface area (Å²) in [5, 5.41) is 8.34. The van der Waals surface area contributed by atoms with E-state index in [-0.39, 0.29) is 12.4 Å². The van der Waals surface area contributed by atoms with E-state index in [9.17, 15) is 9.59 Å². The molecule has 56 valence electrons. The summed E-state index contributed by atoms with van der Waals surface area (Å²) in [7, 11) is 0. The molecule has 0 amide bonds. The minimum atomic E-state index is -0.683. The van der Waals surface area contributed by atoms with Crippen molar-refractivity contribution in [1.29, 1.82) is 0 Å². The second-order valence-electron chi connectivity index (χ2n) is 2.14. The van der Waals surface area contributed by atoms with Crippen molar-refractivity contribution in [2.75, 3.05) is 6.61 Å². The third-order valence-corrected chi connectivity index (χ3v) is 1.40. The fourth-order valence-electron chi connectivity index (χ4n) is 0.854. The third-order valence-electron chi connectivity index (χ3n) is 1.40. The van der Waals surface area contributed by atoms with Crippen molar-refractivity contribution < 1.29 is 19.4 Å². The molecule has 1 fully saturated rings. The number of esters is 1. The molecule has 0 spiro atoms. The molecule has 0 bridgehead atoms. The molecule has 4 heteroatoms. The predicted molar refractivity (Wildman–Crippen MR) is 31.2 cm³/mol. The average molecular weight is 144 g/mol. The zero-order chi connectivity index (χ0) is 7.56. The zero-order valence-electron chi connectivity index (χ0n) is 5.37. The van der Waals surface area contributed by atoms with Crippen LogP contribution in [0, 0.1) is 0 Å². The van der Waals surface area contributed by atoms with Gasteiger partial charge in [0.05, 0.1) is 0 Å². The monoisotopic (exact) mass is 144 g/mol. The van der Waals surface area contributed by atoms with E-state index in [4.69, 9.17) is 5.11 Å². The standard InChI is InChI=1S/C6H8O4/c7-3-4(8)5-1-2-6(9)10-5/h5,7H,1-3H2. The molecule has 1 heterocycles. The van der Waals surface area contributed by atoms with Crippen molar-refractivity contribution >= 4 is 11.8 Å². The molecule has 10 heavy (non-hydrogen) atoms. The van der Waals surface area contributed by atoms with Gasteiger partial charge in [0.1, 0.15) is 6.61 Å². The van der Waals surface area contributed by atoms with E-state index in [2.05, 4.69) is 4.74 Å². The van der Waals surface area contributed by atoms with Crippen LogP contribution in [0.3, 0.4) is 0 Å². The fourth-order valence-corrected chi connectivity index (χ4v) is 0.854.